The summed E-state index contributed by atoms with van der Waals surface area (Å²) in [5.74, 6) is 0.182. The molecule has 0 radical (unpaired) electrons. The van der Waals surface area contributed by atoms with Crippen LogP contribution in [-0.2, 0) is 4.79 Å². The Morgan fingerprint density at radius 3 is 2.31 bits per heavy atom. The maximum Gasteiger partial charge on any atom is 0.219 e. The van der Waals surface area contributed by atoms with E-state index in [0.29, 0.717) is 12.1 Å². The van der Waals surface area contributed by atoms with Crippen LogP contribution in [0.2, 0.25) is 0 Å². The Morgan fingerprint density at radius 1 is 1.31 bits per heavy atom. The average Bonchev–Trinajstić information content (AvgIpc) is 2.01. The first-order chi connectivity index (χ1) is 6.18. The van der Waals surface area contributed by atoms with Gasteiger partial charge in [-0.15, -0.1) is 0 Å². The number of amides is 1. The molecule has 2 rings (SSSR count). The number of hydrogen-bond acceptors (Lipinski definition) is 2. The van der Waals surface area contributed by atoms with Gasteiger partial charge in [0.05, 0.1) is 6.10 Å². The van der Waals surface area contributed by atoms with Gasteiger partial charge in [-0.1, -0.05) is 0 Å². The van der Waals surface area contributed by atoms with Gasteiger partial charge in [0, 0.05) is 19.0 Å². The molecule has 0 aromatic carbocycles. The summed E-state index contributed by atoms with van der Waals surface area (Å²) >= 11 is 0. The zero-order chi connectivity index (χ0) is 9.42. The van der Waals surface area contributed by atoms with Crippen molar-refractivity contribution in [2.75, 3.05) is 0 Å². The van der Waals surface area contributed by atoms with Crippen LogP contribution in [0.25, 0.3) is 0 Å². The number of nitrogens with zero attached hydrogens (tertiary/aromatic N) is 1. The fourth-order valence-corrected chi connectivity index (χ4v) is 2.87. The molecular formula is C10H17NO2. The summed E-state index contributed by atoms with van der Waals surface area (Å²) in [7, 11) is 0. The predicted molar refractivity (Wildman–Crippen MR) is 49.2 cm³/mol. The van der Waals surface area contributed by atoms with E-state index in [0.717, 1.165) is 25.7 Å². The first-order valence-electron chi connectivity index (χ1n) is 5.15. The van der Waals surface area contributed by atoms with Gasteiger partial charge in [0.15, 0.2) is 0 Å². The molecule has 2 aliphatic heterocycles. The number of piperidine rings is 2. The number of carbonyl (C=O) groups excluding carboxylic acids is 1. The summed E-state index contributed by atoms with van der Waals surface area (Å²) in [4.78, 5) is 13.4. The van der Waals surface area contributed by atoms with Crippen molar-refractivity contribution < 1.29 is 9.90 Å². The fraction of sp³-hybridized carbons (Fsp3) is 0.900. The third-order valence-corrected chi connectivity index (χ3v) is 3.31. The minimum absolute atomic E-state index is 0.175. The Kier molecular flexibility index (Phi) is 2.28. The van der Waals surface area contributed by atoms with Crippen molar-refractivity contribution in [3.05, 3.63) is 0 Å². The van der Waals surface area contributed by atoms with Crippen LogP contribution < -0.4 is 0 Å². The molecule has 2 heterocycles. The highest BCUT2D eigenvalue weighted by Crippen LogP contribution is 2.33. The number of hydrogen-bond donors (Lipinski definition) is 1. The van der Waals surface area contributed by atoms with E-state index in [-0.39, 0.29) is 12.0 Å². The first-order valence-corrected chi connectivity index (χ1v) is 5.15. The van der Waals surface area contributed by atoms with Gasteiger partial charge < -0.3 is 10.0 Å². The Labute approximate surface area is 78.7 Å². The van der Waals surface area contributed by atoms with Gasteiger partial charge in [-0.3, -0.25) is 4.79 Å². The molecular weight excluding hydrogens is 166 g/mol. The molecule has 3 heteroatoms. The van der Waals surface area contributed by atoms with Gasteiger partial charge in [0.25, 0.3) is 0 Å². The molecule has 0 saturated carbocycles. The van der Waals surface area contributed by atoms with Gasteiger partial charge >= 0.3 is 0 Å². The third-order valence-electron chi connectivity index (χ3n) is 3.31. The minimum atomic E-state index is -0.175. The fourth-order valence-electron chi connectivity index (χ4n) is 2.87. The maximum absolute atomic E-state index is 11.4. The molecule has 2 aliphatic rings. The van der Waals surface area contributed by atoms with Crippen LogP contribution in [0.3, 0.4) is 0 Å². The molecule has 1 amide bonds. The number of aliphatic hydroxyl groups excluding tert-OH is 1. The molecule has 1 N–H and O–H groups in total. The lowest BCUT2D eigenvalue weighted by atomic mass is 9.83. The van der Waals surface area contributed by atoms with E-state index in [1.807, 2.05) is 4.90 Å². The molecule has 0 aromatic rings. The van der Waals surface area contributed by atoms with Gasteiger partial charge in [-0.25, -0.2) is 0 Å². The standard InChI is InChI=1S/C10H17NO2/c1-7(12)11-8-3-2-4-9(11)6-10(13)5-8/h8-10,13H,2-6H2,1H3. The molecule has 2 bridgehead atoms. The molecule has 0 aromatic heterocycles. The lowest BCUT2D eigenvalue weighted by Gasteiger charge is -2.47. The normalized spacial score (nSPS) is 38.9. The van der Waals surface area contributed by atoms with Gasteiger partial charge in [0.1, 0.15) is 0 Å². The van der Waals surface area contributed by atoms with Gasteiger partial charge in [-0.2, -0.15) is 0 Å². The Balaban J connectivity index is 2.14. The molecule has 2 atom stereocenters. The second-order valence-corrected chi connectivity index (χ2v) is 4.29. The lowest BCUT2D eigenvalue weighted by molar-refractivity contribution is -0.141. The number of carbonyl (C=O) groups is 1. The predicted octanol–water partition coefficient (Wildman–Crippen LogP) is 0.911. The quantitative estimate of drug-likeness (QED) is 0.606. The zero-order valence-electron chi connectivity index (χ0n) is 8.07. The monoisotopic (exact) mass is 183 g/mol. The van der Waals surface area contributed by atoms with Crippen LogP contribution in [0.5, 0.6) is 0 Å². The first kappa shape index (κ1) is 9.00. The van der Waals surface area contributed by atoms with E-state index >= 15 is 0 Å². The highest BCUT2D eigenvalue weighted by Gasteiger charge is 2.38. The van der Waals surface area contributed by atoms with Crippen LogP contribution in [0.4, 0.5) is 0 Å². The van der Waals surface area contributed by atoms with Crippen LogP contribution in [-0.4, -0.2) is 34.1 Å². The molecule has 0 spiro atoms. The largest absolute Gasteiger partial charge is 0.393 e. The number of aliphatic hydroxyl groups is 1. The van der Waals surface area contributed by atoms with Gasteiger partial charge in [0.2, 0.25) is 5.91 Å². The number of rotatable bonds is 0. The van der Waals surface area contributed by atoms with Crippen molar-refractivity contribution >= 4 is 5.91 Å². The lowest BCUT2D eigenvalue weighted by Crippen LogP contribution is -2.55. The molecule has 0 aliphatic carbocycles. The van der Waals surface area contributed by atoms with Crippen molar-refractivity contribution in [3.63, 3.8) is 0 Å². The van der Waals surface area contributed by atoms with E-state index in [1.165, 1.54) is 6.42 Å². The van der Waals surface area contributed by atoms with Crippen molar-refractivity contribution in [2.24, 2.45) is 0 Å². The molecule has 2 saturated heterocycles. The minimum Gasteiger partial charge on any atom is -0.393 e. The number of fused-ring (bicyclic) bond motifs is 2. The van der Waals surface area contributed by atoms with E-state index < -0.39 is 0 Å². The van der Waals surface area contributed by atoms with E-state index in [1.54, 1.807) is 6.92 Å². The molecule has 3 nitrogen and oxygen atoms in total. The van der Waals surface area contributed by atoms with Crippen molar-refractivity contribution in [3.8, 4) is 0 Å². The van der Waals surface area contributed by atoms with Crippen molar-refractivity contribution in [1.82, 2.24) is 4.90 Å². The van der Waals surface area contributed by atoms with E-state index in [4.69, 9.17) is 0 Å². The zero-order valence-corrected chi connectivity index (χ0v) is 8.07. The summed E-state index contributed by atoms with van der Waals surface area (Å²) < 4.78 is 0. The Morgan fingerprint density at radius 2 is 1.85 bits per heavy atom. The Bertz CT molecular complexity index is 203. The summed E-state index contributed by atoms with van der Waals surface area (Å²) in [5, 5.41) is 9.58. The van der Waals surface area contributed by atoms with Crippen LogP contribution in [0.15, 0.2) is 0 Å². The van der Waals surface area contributed by atoms with E-state index in [2.05, 4.69) is 0 Å². The average molecular weight is 183 g/mol. The maximum atomic E-state index is 11.4. The Hall–Kier alpha value is -0.570. The van der Waals surface area contributed by atoms with Crippen molar-refractivity contribution in [1.29, 1.82) is 0 Å². The smallest absolute Gasteiger partial charge is 0.219 e. The topological polar surface area (TPSA) is 40.5 Å². The highest BCUT2D eigenvalue weighted by atomic mass is 16.3. The highest BCUT2D eigenvalue weighted by molar-refractivity contribution is 5.74. The second kappa shape index (κ2) is 3.29. The summed E-state index contributed by atoms with van der Waals surface area (Å²) in [6.45, 7) is 1.64. The summed E-state index contributed by atoms with van der Waals surface area (Å²) in [5.41, 5.74) is 0. The third kappa shape index (κ3) is 1.57. The molecule has 2 fully saturated rings. The second-order valence-electron chi connectivity index (χ2n) is 4.29. The molecule has 74 valence electrons. The summed E-state index contributed by atoms with van der Waals surface area (Å²) in [6, 6.07) is 0.639. The van der Waals surface area contributed by atoms with Crippen LogP contribution in [0, 0.1) is 0 Å². The SMILES string of the molecule is CC(=O)N1C2CCCC1CC(O)C2. The van der Waals surface area contributed by atoms with Crippen LogP contribution in [0.1, 0.15) is 39.0 Å². The van der Waals surface area contributed by atoms with Crippen LogP contribution >= 0.6 is 0 Å². The molecule has 13 heavy (non-hydrogen) atoms. The van der Waals surface area contributed by atoms with Gasteiger partial charge in [-0.05, 0) is 32.1 Å². The molecule has 2 unspecified atom stereocenters. The van der Waals surface area contributed by atoms with E-state index in [9.17, 15) is 9.90 Å². The van der Waals surface area contributed by atoms with Crippen molar-refractivity contribution in [2.45, 2.75) is 57.2 Å². The summed E-state index contributed by atoms with van der Waals surface area (Å²) in [6.07, 6.45) is 4.77.